The van der Waals surface area contributed by atoms with Gasteiger partial charge in [0.1, 0.15) is 0 Å². The quantitative estimate of drug-likeness (QED) is 0.865. The second-order valence-corrected chi connectivity index (χ2v) is 4.86. The molecule has 2 rings (SSSR count). The first-order valence-corrected chi connectivity index (χ1v) is 6.34. The second-order valence-electron chi connectivity index (χ2n) is 4.45. The van der Waals surface area contributed by atoms with Crippen LogP contribution in [0.1, 0.15) is 29.6 Å². The Hall–Kier alpha value is -1.22. The molecule has 4 heteroatoms. The molecular formula is C13H17ClN2O. The molecule has 0 unspecified atom stereocenters. The van der Waals surface area contributed by atoms with Crippen molar-refractivity contribution in [3.63, 3.8) is 0 Å². The molecule has 0 atom stereocenters. The van der Waals surface area contributed by atoms with Crippen LogP contribution in [0.3, 0.4) is 0 Å². The predicted molar refractivity (Wildman–Crippen MR) is 70.7 cm³/mol. The lowest BCUT2D eigenvalue weighted by atomic mass is 9.85. The van der Waals surface area contributed by atoms with Crippen molar-refractivity contribution in [2.45, 2.75) is 19.3 Å². The summed E-state index contributed by atoms with van der Waals surface area (Å²) in [6.07, 6.45) is 3.91. The van der Waals surface area contributed by atoms with E-state index in [0.29, 0.717) is 10.6 Å². The van der Waals surface area contributed by atoms with Crippen LogP contribution in [-0.4, -0.2) is 19.5 Å². The van der Waals surface area contributed by atoms with Crippen molar-refractivity contribution in [1.82, 2.24) is 5.32 Å². The molecule has 0 aliphatic heterocycles. The molecule has 0 bridgehead atoms. The average Bonchev–Trinajstić information content (AvgIpc) is 2.28. The molecule has 1 amide bonds. The van der Waals surface area contributed by atoms with Gasteiger partial charge in [0.05, 0.1) is 10.7 Å². The first kappa shape index (κ1) is 12.2. The number of nitrogens with one attached hydrogen (secondary N) is 2. The zero-order valence-electron chi connectivity index (χ0n) is 9.92. The van der Waals surface area contributed by atoms with Crippen LogP contribution in [0.4, 0.5) is 5.69 Å². The van der Waals surface area contributed by atoms with E-state index < -0.39 is 0 Å². The summed E-state index contributed by atoms with van der Waals surface area (Å²) in [6, 6.07) is 5.30. The molecule has 0 spiro atoms. The summed E-state index contributed by atoms with van der Waals surface area (Å²) in [5, 5.41) is 6.59. The molecule has 1 aromatic rings. The van der Waals surface area contributed by atoms with E-state index in [4.69, 9.17) is 11.6 Å². The van der Waals surface area contributed by atoms with Gasteiger partial charge in [-0.2, -0.15) is 0 Å². The summed E-state index contributed by atoms with van der Waals surface area (Å²) in [4.78, 5) is 11.5. The fourth-order valence-electron chi connectivity index (χ4n) is 1.90. The summed E-state index contributed by atoms with van der Waals surface area (Å²) >= 11 is 6.09. The smallest absolute Gasteiger partial charge is 0.251 e. The fourth-order valence-corrected chi connectivity index (χ4v) is 2.08. The third kappa shape index (κ3) is 2.91. The molecule has 0 saturated heterocycles. The standard InChI is InChI=1S/C13H17ClN2O/c1-15-13(17)10-5-6-11(14)12(7-10)16-8-9-3-2-4-9/h5-7,9,16H,2-4,8H2,1H3,(H,15,17). The summed E-state index contributed by atoms with van der Waals surface area (Å²) in [5.74, 6) is 0.670. The van der Waals surface area contributed by atoms with Crippen LogP contribution in [0.2, 0.25) is 5.02 Å². The van der Waals surface area contributed by atoms with Crippen molar-refractivity contribution in [3.05, 3.63) is 28.8 Å². The van der Waals surface area contributed by atoms with Crippen molar-refractivity contribution in [3.8, 4) is 0 Å². The number of benzene rings is 1. The molecular weight excluding hydrogens is 236 g/mol. The molecule has 1 saturated carbocycles. The van der Waals surface area contributed by atoms with Crippen LogP contribution in [0, 0.1) is 5.92 Å². The van der Waals surface area contributed by atoms with Gasteiger partial charge in [-0.1, -0.05) is 18.0 Å². The number of hydrogen-bond acceptors (Lipinski definition) is 2. The van der Waals surface area contributed by atoms with E-state index in [0.717, 1.165) is 18.2 Å². The van der Waals surface area contributed by atoms with Gasteiger partial charge >= 0.3 is 0 Å². The monoisotopic (exact) mass is 252 g/mol. The molecule has 1 aliphatic rings. The Bertz CT molecular complexity index is 416. The first-order valence-electron chi connectivity index (χ1n) is 5.96. The molecule has 17 heavy (non-hydrogen) atoms. The molecule has 92 valence electrons. The van der Waals surface area contributed by atoms with Gasteiger partial charge in [0.2, 0.25) is 0 Å². The Kier molecular flexibility index (Phi) is 3.89. The van der Waals surface area contributed by atoms with Crippen molar-refractivity contribution in [1.29, 1.82) is 0 Å². The molecule has 2 N–H and O–H groups in total. The largest absolute Gasteiger partial charge is 0.384 e. The number of anilines is 1. The van der Waals surface area contributed by atoms with E-state index in [1.165, 1.54) is 19.3 Å². The van der Waals surface area contributed by atoms with Gasteiger partial charge in [0.25, 0.3) is 5.91 Å². The number of hydrogen-bond donors (Lipinski definition) is 2. The molecule has 3 nitrogen and oxygen atoms in total. The summed E-state index contributed by atoms with van der Waals surface area (Å²) in [5.41, 5.74) is 1.48. The maximum absolute atomic E-state index is 11.5. The minimum Gasteiger partial charge on any atom is -0.384 e. The van der Waals surface area contributed by atoms with Crippen LogP contribution < -0.4 is 10.6 Å². The SMILES string of the molecule is CNC(=O)c1ccc(Cl)c(NCC2CCC2)c1. The summed E-state index contributed by atoms with van der Waals surface area (Å²) < 4.78 is 0. The zero-order chi connectivity index (χ0) is 12.3. The van der Waals surface area contributed by atoms with Gasteiger partial charge in [-0.05, 0) is 37.0 Å². The molecule has 0 aromatic heterocycles. The number of carbonyl (C=O) groups is 1. The first-order chi connectivity index (χ1) is 8.20. The van der Waals surface area contributed by atoms with E-state index in [1.807, 2.05) is 0 Å². The van der Waals surface area contributed by atoms with Crippen molar-refractivity contribution in [2.75, 3.05) is 18.9 Å². The Balaban J connectivity index is 2.05. The lowest BCUT2D eigenvalue weighted by molar-refractivity contribution is 0.0963. The van der Waals surface area contributed by atoms with E-state index in [2.05, 4.69) is 10.6 Å². The van der Waals surface area contributed by atoms with E-state index in [-0.39, 0.29) is 5.91 Å². The van der Waals surface area contributed by atoms with Crippen molar-refractivity contribution >= 4 is 23.2 Å². The predicted octanol–water partition coefficient (Wildman–Crippen LogP) is 2.91. The normalized spacial score (nSPS) is 15.2. The Morgan fingerprint density at radius 3 is 2.82 bits per heavy atom. The summed E-state index contributed by atoms with van der Waals surface area (Å²) in [6.45, 7) is 0.941. The highest BCUT2D eigenvalue weighted by Crippen LogP contribution is 2.28. The van der Waals surface area contributed by atoms with Crippen LogP contribution >= 0.6 is 11.6 Å². The van der Waals surface area contributed by atoms with Crippen molar-refractivity contribution < 1.29 is 4.79 Å². The highest BCUT2D eigenvalue weighted by atomic mass is 35.5. The zero-order valence-corrected chi connectivity index (χ0v) is 10.7. The van der Waals surface area contributed by atoms with Crippen LogP contribution in [0.15, 0.2) is 18.2 Å². The van der Waals surface area contributed by atoms with Gasteiger partial charge < -0.3 is 10.6 Å². The number of amides is 1. The number of rotatable bonds is 4. The van der Waals surface area contributed by atoms with Gasteiger partial charge in [0, 0.05) is 19.2 Å². The molecule has 1 aliphatic carbocycles. The number of halogens is 1. The van der Waals surface area contributed by atoms with E-state index in [9.17, 15) is 4.79 Å². The highest BCUT2D eigenvalue weighted by Gasteiger charge is 2.17. The molecule has 1 fully saturated rings. The van der Waals surface area contributed by atoms with Crippen LogP contribution in [-0.2, 0) is 0 Å². The second kappa shape index (κ2) is 5.41. The van der Waals surface area contributed by atoms with E-state index >= 15 is 0 Å². The third-order valence-electron chi connectivity index (χ3n) is 3.26. The van der Waals surface area contributed by atoms with Crippen molar-refractivity contribution in [2.24, 2.45) is 5.92 Å². The molecule has 1 aromatic carbocycles. The van der Waals surface area contributed by atoms with Gasteiger partial charge in [-0.3, -0.25) is 4.79 Å². The Labute approximate surface area is 107 Å². The summed E-state index contributed by atoms with van der Waals surface area (Å²) in [7, 11) is 1.62. The van der Waals surface area contributed by atoms with Gasteiger partial charge in [0.15, 0.2) is 0 Å². The Morgan fingerprint density at radius 2 is 2.24 bits per heavy atom. The minimum atomic E-state index is -0.0895. The van der Waals surface area contributed by atoms with Crippen LogP contribution in [0.5, 0.6) is 0 Å². The average molecular weight is 253 g/mol. The van der Waals surface area contributed by atoms with Gasteiger partial charge in [-0.15, -0.1) is 0 Å². The van der Waals surface area contributed by atoms with Gasteiger partial charge in [-0.25, -0.2) is 0 Å². The molecule has 0 radical (unpaired) electrons. The minimum absolute atomic E-state index is 0.0895. The highest BCUT2D eigenvalue weighted by molar-refractivity contribution is 6.33. The van der Waals surface area contributed by atoms with E-state index in [1.54, 1.807) is 25.2 Å². The lowest BCUT2D eigenvalue weighted by Crippen LogP contribution is -2.21. The maximum atomic E-state index is 11.5. The fraction of sp³-hybridized carbons (Fsp3) is 0.462. The maximum Gasteiger partial charge on any atom is 0.251 e. The molecule has 0 heterocycles. The number of carbonyl (C=O) groups excluding carboxylic acids is 1. The van der Waals surface area contributed by atoms with Crippen LogP contribution in [0.25, 0.3) is 0 Å². The topological polar surface area (TPSA) is 41.1 Å². The Morgan fingerprint density at radius 1 is 1.47 bits per heavy atom. The lowest BCUT2D eigenvalue weighted by Gasteiger charge is -2.26. The third-order valence-corrected chi connectivity index (χ3v) is 3.59.